The Kier molecular flexibility index (Phi) is 6.99. The van der Waals surface area contributed by atoms with Gasteiger partial charge in [-0.3, -0.25) is 14.2 Å². The number of hydrogen-bond acceptors (Lipinski definition) is 5. The fraction of sp³-hybridized carbons (Fsp3) is 0.462. The third-order valence-corrected chi connectivity index (χ3v) is 6.69. The van der Waals surface area contributed by atoms with Crippen molar-refractivity contribution in [2.75, 3.05) is 0 Å². The molecule has 7 nitrogen and oxygen atoms in total. The fourth-order valence-electron chi connectivity index (χ4n) is 4.81. The zero-order valence-corrected chi connectivity index (χ0v) is 21.9. The lowest BCUT2D eigenvalue weighted by atomic mass is 9.84. The van der Waals surface area contributed by atoms with E-state index in [0.29, 0.717) is 37.8 Å². The minimum Gasteiger partial charge on any atom is -0.460 e. The maximum atomic E-state index is 14.1. The number of nitrogens with zero attached hydrogens (tertiary/aromatic N) is 3. The molecule has 186 valence electrons. The van der Waals surface area contributed by atoms with Crippen molar-refractivity contribution in [2.24, 2.45) is 5.92 Å². The van der Waals surface area contributed by atoms with Crippen molar-refractivity contribution in [3.63, 3.8) is 0 Å². The third kappa shape index (κ3) is 5.55. The van der Waals surface area contributed by atoms with E-state index in [9.17, 15) is 18.8 Å². The summed E-state index contributed by atoms with van der Waals surface area (Å²) in [5, 5.41) is 0.0538. The molecule has 0 saturated heterocycles. The summed E-state index contributed by atoms with van der Waals surface area (Å²) in [4.78, 5) is 43.5. The molecule has 0 radical (unpaired) electrons. The van der Waals surface area contributed by atoms with Gasteiger partial charge in [0.25, 0.3) is 5.56 Å². The summed E-state index contributed by atoms with van der Waals surface area (Å²) in [6, 6.07) is 6.29. The number of aromatic nitrogens is 3. The van der Waals surface area contributed by atoms with E-state index in [2.05, 4.69) is 20.9 Å². The van der Waals surface area contributed by atoms with Crippen molar-refractivity contribution in [3.8, 4) is 5.69 Å². The number of pyridine rings is 1. The van der Waals surface area contributed by atoms with Crippen molar-refractivity contribution in [1.29, 1.82) is 0 Å². The van der Waals surface area contributed by atoms with Gasteiger partial charge in [0.15, 0.2) is 5.65 Å². The van der Waals surface area contributed by atoms with Gasteiger partial charge in [-0.05, 0) is 89.1 Å². The molecule has 2 heterocycles. The van der Waals surface area contributed by atoms with E-state index in [1.54, 1.807) is 6.07 Å². The standard InChI is InChI=1S/C26H29BrFN3O4/c1-15-9-17(27)12-20(10-15)30-23-21(13-18(28)14-29-23)24(33)31(25(30)34)19-7-5-16(6-8-19)11-22(32)35-26(2,3)4/h9-10,12-14,16,19H,5-8,11H2,1-4H3. The molecule has 0 amide bonds. The van der Waals surface area contributed by atoms with E-state index in [1.165, 1.54) is 9.13 Å². The Morgan fingerprint density at radius 3 is 2.46 bits per heavy atom. The molecule has 3 aromatic rings. The Morgan fingerprint density at radius 1 is 1.14 bits per heavy atom. The van der Waals surface area contributed by atoms with Gasteiger partial charge >= 0.3 is 11.7 Å². The number of ether oxygens (including phenoxy) is 1. The Labute approximate surface area is 211 Å². The average Bonchev–Trinajstić information content (AvgIpc) is 2.73. The molecule has 1 aliphatic rings. The highest BCUT2D eigenvalue weighted by atomic mass is 79.9. The van der Waals surface area contributed by atoms with Gasteiger partial charge in [0.2, 0.25) is 0 Å². The zero-order valence-electron chi connectivity index (χ0n) is 20.3. The molecular formula is C26H29BrFN3O4. The minimum atomic E-state index is -0.641. The van der Waals surface area contributed by atoms with Crippen LogP contribution in [0.15, 0.2) is 44.5 Å². The van der Waals surface area contributed by atoms with Crippen LogP contribution in [0.2, 0.25) is 0 Å². The van der Waals surface area contributed by atoms with Crippen LogP contribution in [-0.4, -0.2) is 25.7 Å². The van der Waals surface area contributed by atoms with Crippen LogP contribution in [0.25, 0.3) is 16.7 Å². The highest BCUT2D eigenvalue weighted by Crippen LogP contribution is 2.33. The fourth-order valence-corrected chi connectivity index (χ4v) is 5.41. The number of esters is 1. The van der Waals surface area contributed by atoms with E-state index in [-0.39, 0.29) is 29.0 Å². The van der Waals surface area contributed by atoms with E-state index < -0.39 is 22.7 Å². The van der Waals surface area contributed by atoms with Gasteiger partial charge in [0.1, 0.15) is 11.4 Å². The predicted octanol–water partition coefficient (Wildman–Crippen LogP) is 5.22. The molecule has 0 aliphatic heterocycles. The Balaban J connectivity index is 1.72. The lowest BCUT2D eigenvalue weighted by Gasteiger charge is -2.30. The molecule has 9 heteroatoms. The van der Waals surface area contributed by atoms with E-state index in [1.807, 2.05) is 39.8 Å². The molecule has 1 aromatic carbocycles. The minimum absolute atomic E-state index is 0.0538. The Hall–Kier alpha value is -2.81. The van der Waals surface area contributed by atoms with Gasteiger partial charge < -0.3 is 4.74 Å². The maximum Gasteiger partial charge on any atom is 0.337 e. The summed E-state index contributed by atoms with van der Waals surface area (Å²) in [6.45, 7) is 7.41. The first-order valence-electron chi connectivity index (χ1n) is 11.7. The van der Waals surface area contributed by atoms with Crippen LogP contribution in [0.3, 0.4) is 0 Å². The van der Waals surface area contributed by atoms with Crippen LogP contribution in [0.4, 0.5) is 4.39 Å². The first kappa shape index (κ1) is 25.3. The Bertz CT molecular complexity index is 1380. The molecule has 1 aliphatic carbocycles. The molecule has 1 saturated carbocycles. The van der Waals surface area contributed by atoms with Gasteiger partial charge in [0.05, 0.1) is 17.3 Å². The number of carbonyl (C=O) groups is 1. The largest absolute Gasteiger partial charge is 0.460 e. The highest BCUT2D eigenvalue weighted by Gasteiger charge is 2.29. The second-order valence-corrected chi connectivity index (χ2v) is 11.2. The predicted molar refractivity (Wildman–Crippen MR) is 135 cm³/mol. The number of fused-ring (bicyclic) bond motifs is 1. The number of rotatable bonds is 4. The van der Waals surface area contributed by atoms with E-state index >= 15 is 0 Å². The SMILES string of the molecule is Cc1cc(Br)cc(-n2c(=O)n(C3CCC(CC(=O)OC(C)(C)C)CC3)c(=O)c3cc(F)cnc32)c1. The summed E-state index contributed by atoms with van der Waals surface area (Å²) < 4.78 is 22.9. The lowest BCUT2D eigenvalue weighted by molar-refractivity contribution is -0.156. The van der Waals surface area contributed by atoms with Gasteiger partial charge in [0, 0.05) is 16.9 Å². The van der Waals surface area contributed by atoms with Crippen molar-refractivity contribution >= 4 is 32.9 Å². The third-order valence-electron chi connectivity index (χ3n) is 6.23. The number of benzene rings is 1. The summed E-state index contributed by atoms with van der Waals surface area (Å²) in [6.07, 6.45) is 3.82. The molecule has 35 heavy (non-hydrogen) atoms. The number of hydrogen-bond donors (Lipinski definition) is 0. The molecule has 4 rings (SSSR count). The van der Waals surface area contributed by atoms with Crippen LogP contribution in [0, 0.1) is 18.7 Å². The lowest BCUT2D eigenvalue weighted by Crippen LogP contribution is -2.43. The first-order chi connectivity index (χ1) is 16.4. The Morgan fingerprint density at radius 2 is 1.83 bits per heavy atom. The summed E-state index contributed by atoms with van der Waals surface area (Å²) in [5.74, 6) is -0.748. The van der Waals surface area contributed by atoms with Crippen molar-refractivity contribution in [3.05, 3.63) is 67.2 Å². The van der Waals surface area contributed by atoms with Gasteiger partial charge in [-0.25, -0.2) is 18.7 Å². The average molecular weight is 546 g/mol. The normalized spacial score (nSPS) is 18.6. The summed E-state index contributed by atoms with van der Waals surface area (Å²) in [7, 11) is 0. The maximum absolute atomic E-state index is 14.1. The van der Waals surface area contributed by atoms with Crippen LogP contribution >= 0.6 is 15.9 Å². The van der Waals surface area contributed by atoms with E-state index in [4.69, 9.17) is 4.74 Å². The van der Waals surface area contributed by atoms with Gasteiger partial charge in [-0.15, -0.1) is 0 Å². The van der Waals surface area contributed by atoms with E-state index in [0.717, 1.165) is 22.3 Å². The summed E-state index contributed by atoms with van der Waals surface area (Å²) >= 11 is 3.46. The van der Waals surface area contributed by atoms with Crippen LogP contribution in [0.1, 0.15) is 64.5 Å². The molecule has 0 N–H and O–H groups in total. The second-order valence-electron chi connectivity index (χ2n) is 10.3. The first-order valence-corrected chi connectivity index (χ1v) is 12.5. The van der Waals surface area contributed by atoms with Crippen molar-refractivity contribution in [2.45, 2.75) is 71.4 Å². The molecule has 0 spiro atoms. The zero-order chi connectivity index (χ0) is 25.5. The number of halogens is 2. The van der Waals surface area contributed by atoms with Crippen molar-refractivity contribution in [1.82, 2.24) is 14.1 Å². The topological polar surface area (TPSA) is 83.2 Å². The second kappa shape index (κ2) is 9.68. The molecule has 0 bridgehead atoms. The molecular weight excluding hydrogens is 517 g/mol. The van der Waals surface area contributed by atoms with Crippen molar-refractivity contribution < 1.29 is 13.9 Å². The molecule has 2 aromatic heterocycles. The quantitative estimate of drug-likeness (QED) is 0.419. The van der Waals surface area contributed by atoms with Gasteiger partial charge in [-0.1, -0.05) is 15.9 Å². The number of aryl methyl sites for hydroxylation is 1. The smallest absolute Gasteiger partial charge is 0.337 e. The van der Waals surface area contributed by atoms with Gasteiger partial charge in [-0.2, -0.15) is 0 Å². The molecule has 0 atom stereocenters. The highest BCUT2D eigenvalue weighted by molar-refractivity contribution is 9.10. The molecule has 1 fully saturated rings. The van der Waals surface area contributed by atoms with Crippen LogP contribution < -0.4 is 11.2 Å². The number of carbonyl (C=O) groups excluding carboxylic acids is 1. The summed E-state index contributed by atoms with van der Waals surface area (Å²) in [5.41, 5.74) is -0.0133. The monoisotopic (exact) mass is 545 g/mol. The van der Waals surface area contributed by atoms with Crippen LogP contribution in [0.5, 0.6) is 0 Å². The molecule has 0 unspecified atom stereocenters. The van der Waals surface area contributed by atoms with Crippen LogP contribution in [-0.2, 0) is 9.53 Å².